The number of benzene rings is 1. The van der Waals surface area contributed by atoms with Gasteiger partial charge in [0.15, 0.2) is 0 Å². The molecule has 110 valence electrons. The highest BCUT2D eigenvalue weighted by molar-refractivity contribution is 9.10. The molecule has 2 aliphatic carbocycles. The monoisotopic (exact) mass is 364 g/mol. The van der Waals surface area contributed by atoms with Crippen LogP contribution in [0.4, 0.5) is 5.69 Å². The van der Waals surface area contributed by atoms with Crippen molar-refractivity contribution in [3.8, 4) is 0 Å². The Labute approximate surface area is 138 Å². The van der Waals surface area contributed by atoms with E-state index in [0.717, 1.165) is 33.6 Å². The first-order chi connectivity index (χ1) is 10.2. The molecule has 1 aromatic carbocycles. The van der Waals surface area contributed by atoms with E-state index in [-0.39, 0.29) is 0 Å². The van der Waals surface area contributed by atoms with Crippen molar-refractivity contribution in [1.82, 2.24) is 4.90 Å². The lowest BCUT2D eigenvalue weighted by Gasteiger charge is -2.39. The topological polar surface area (TPSA) is 15.6 Å². The Morgan fingerprint density at radius 1 is 1.10 bits per heavy atom. The van der Waals surface area contributed by atoms with Crippen molar-refractivity contribution < 1.29 is 0 Å². The summed E-state index contributed by atoms with van der Waals surface area (Å²) in [6.45, 7) is 0.959. The Hall–Kier alpha value is -0.540. The van der Waals surface area contributed by atoms with E-state index in [1.807, 2.05) is 6.07 Å². The average molecular weight is 366 g/mol. The number of nitrogens with zero attached hydrogens (tertiary/aromatic N) is 2. The minimum atomic E-state index is 0.687. The molecule has 0 amide bonds. The molecule has 0 aromatic heterocycles. The van der Waals surface area contributed by atoms with Gasteiger partial charge < -0.3 is 4.90 Å². The Kier molecular flexibility index (Phi) is 2.76. The highest BCUT2D eigenvalue weighted by Gasteiger charge is 2.46. The van der Waals surface area contributed by atoms with E-state index < -0.39 is 0 Å². The second-order valence-corrected chi connectivity index (χ2v) is 8.57. The van der Waals surface area contributed by atoms with Gasteiger partial charge in [-0.3, -0.25) is 0 Å². The van der Waals surface area contributed by atoms with Crippen LogP contribution < -0.4 is 0 Å². The molecule has 4 fully saturated rings. The predicted molar refractivity (Wildman–Crippen MR) is 89.1 cm³/mol. The smallest absolute Gasteiger partial charge is 0.108 e. The zero-order valence-corrected chi connectivity index (χ0v) is 14.2. The van der Waals surface area contributed by atoms with Gasteiger partial charge in [-0.05, 0) is 56.1 Å². The van der Waals surface area contributed by atoms with Crippen molar-refractivity contribution in [1.29, 1.82) is 0 Å². The third-order valence-electron chi connectivity index (χ3n) is 5.91. The molecule has 1 aromatic rings. The van der Waals surface area contributed by atoms with E-state index in [4.69, 9.17) is 16.6 Å². The maximum absolute atomic E-state index is 6.47. The SMILES string of the molecule is Clc1cc(Br)cc2c1CN1C(=N2)C2C[C@H]3CC1C[C@H](C2)C3. The van der Waals surface area contributed by atoms with Gasteiger partial charge in [0.25, 0.3) is 0 Å². The summed E-state index contributed by atoms with van der Waals surface area (Å²) < 4.78 is 1.03. The van der Waals surface area contributed by atoms with Crippen LogP contribution in [0.3, 0.4) is 0 Å². The number of rotatable bonds is 0. The normalized spacial score (nSPS) is 36.1. The summed E-state index contributed by atoms with van der Waals surface area (Å²) >= 11 is 10.0. The average Bonchev–Trinajstić information content (AvgIpc) is 2.59. The molecule has 0 unspecified atom stereocenters. The van der Waals surface area contributed by atoms with E-state index in [1.54, 1.807) is 0 Å². The molecule has 0 spiro atoms. The first-order valence-electron chi connectivity index (χ1n) is 8.00. The second kappa shape index (κ2) is 4.48. The Bertz CT molecular complexity index is 642. The molecule has 4 bridgehead atoms. The zero-order chi connectivity index (χ0) is 14.1. The lowest BCUT2D eigenvalue weighted by atomic mass is 9.68. The van der Waals surface area contributed by atoms with Gasteiger partial charge in [0.05, 0.1) is 5.69 Å². The molecule has 2 atom stereocenters. The Morgan fingerprint density at radius 2 is 1.86 bits per heavy atom. The van der Waals surface area contributed by atoms with E-state index in [9.17, 15) is 0 Å². The molecule has 0 N–H and O–H groups in total. The van der Waals surface area contributed by atoms with Crippen molar-refractivity contribution in [2.75, 3.05) is 0 Å². The fourth-order valence-electron chi connectivity index (χ4n) is 5.21. The number of fused-ring (bicyclic) bond motifs is 1. The van der Waals surface area contributed by atoms with Crippen LogP contribution in [0.15, 0.2) is 21.6 Å². The Balaban J connectivity index is 1.66. The third-order valence-corrected chi connectivity index (χ3v) is 6.71. The van der Waals surface area contributed by atoms with Gasteiger partial charge in [-0.15, -0.1) is 0 Å². The van der Waals surface area contributed by atoms with Crippen LogP contribution in [0, 0.1) is 17.8 Å². The minimum Gasteiger partial charge on any atom is -0.352 e. The van der Waals surface area contributed by atoms with Crippen LogP contribution in [0.1, 0.15) is 37.7 Å². The molecular formula is C17H18BrClN2. The van der Waals surface area contributed by atoms with Gasteiger partial charge in [-0.1, -0.05) is 27.5 Å². The van der Waals surface area contributed by atoms with Gasteiger partial charge in [0, 0.05) is 33.6 Å². The van der Waals surface area contributed by atoms with Gasteiger partial charge >= 0.3 is 0 Å². The van der Waals surface area contributed by atoms with E-state index in [1.165, 1.54) is 43.5 Å². The van der Waals surface area contributed by atoms with Gasteiger partial charge in [-0.2, -0.15) is 0 Å². The summed E-state index contributed by atoms with van der Waals surface area (Å²) in [4.78, 5) is 7.68. The summed E-state index contributed by atoms with van der Waals surface area (Å²) in [5.41, 5.74) is 2.30. The third kappa shape index (κ3) is 1.93. The van der Waals surface area contributed by atoms with E-state index in [0.29, 0.717) is 12.0 Å². The molecule has 6 rings (SSSR count). The maximum Gasteiger partial charge on any atom is 0.108 e. The number of halogens is 2. The molecular weight excluding hydrogens is 348 g/mol. The summed E-state index contributed by atoms with van der Waals surface area (Å²) in [7, 11) is 0. The standard InChI is InChI=1S/C17H18BrClN2/c18-12-6-15(19)14-8-21-13-4-9-1-10(5-13)3-11(2-9)17(21)20-16(14)7-12/h6-7,9-11,13H,1-5,8H2/t9-,10-,11?,13?/m0/s1. The fourth-order valence-corrected chi connectivity index (χ4v) is 6.06. The van der Waals surface area contributed by atoms with Crippen LogP contribution >= 0.6 is 27.5 Å². The van der Waals surface area contributed by atoms with Crippen molar-refractivity contribution in [3.05, 3.63) is 27.2 Å². The van der Waals surface area contributed by atoms with E-state index >= 15 is 0 Å². The van der Waals surface area contributed by atoms with Gasteiger partial charge in [-0.25, -0.2) is 4.99 Å². The number of aliphatic imine (C=N–C) groups is 1. The second-order valence-electron chi connectivity index (χ2n) is 7.24. The molecule has 2 saturated heterocycles. The summed E-state index contributed by atoms with van der Waals surface area (Å²) in [5, 5.41) is 0.853. The van der Waals surface area contributed by atoms with Crippen molar-refractivity contribution >= 4 is 39.1 Å². The summed E-state index contributed by atoms with van der Waals surface area (Å²) in [5.74, 6) is 3.93. The van der Waals surface area contributed by atoms with E-state index in [2.05, 4.69) is 26.9 Å². The number of hydrogen-bond acceptors (Lipinski definition) is 2. The minimum absolute atomic E-state index is 0.687. The largest absolute Gasteiger partial charge is 0.352 e. The first kappa shape index (κ1) is 13.0. The summed E-state index contributed by atoms with van der Waals surface area (Å²) in [6.07, 6.45) is 6.93. The molecule has 3 aliphatic heterocycles. The predicted octanol–water partition coefficient (Wildman–Crippen LogP) is 5.16. The highest BCUT2D eigenvalue weighted by Crippen LogP contribution is 2.51. The molecule has 2 saturated carbocycles. The van der Waals surface area contributed by atoms with Crippen LogP contribution in [0.2, 0.25) is 5.02 Å². The molecule has 5 aliphatic rings. The molecule has 3 heterocycles. The van der Waals surface area contributed by atoms with Crippen LogP contribution in [-0.4, -0.2) is 16.8 Å². The molecule has 0 radical (unpaired) electrons. The maximum atomic E-state index is 6.47. The van der Waals surface area contributed by atoms with Crippen LogP contribution in [0.5, 0.6) is 0 Å². The van der Waals surface area contributed by atoms with Crippen molar-refractivity contribution in [2.45, 2.75) is 44.7 Å². The zero-order valence-electron chi connectivity index (χ0n) is 11.9. The number of amidine groups is 1. The van der Waals surface area contributed by atoms with Crippen molar-refractivity contribution in [2.24, 2.45) is 22.7 Å². The lowest BCUT2D eigenvalue weighted by molar-refractivity contribution is 0.128. The lowest BCUT2D eigenvalue weighted by Crippen LogP contribution is -2.42. The van der Waals surface area contributed by atoms with Crippen LogP contribution in [-0.2, 0) is 6.54 Å². The van der Waals surface area contributed by atoms with Gasteiger partial charge in [0.2, 0.25) is 0 Å². The number of hydrogen-bond donors (Lipinski definition) is 0. The Morgan fingerprint density at radius 3 is 2.62 bits per heavy atom. The van der Waals surface area contributed by atoms with Crippen molar-refractivity contribution in [3.63, 3.8) is 0 Å². The van der Waals surface area contributed by atoms with Crippen LogP contribution in [0.25, 0.3) is 0 Å². The molecule has 4 heteroatoms. The van der Waals surface area contributed by atoms with Gasteiger partial charge in [0.1, 0.15) is 5.84 Å². The quantitative estimate of drug-likeness (QED) is 0.620. The molecule has 2 nitrogen and oxygen atoms in total. The highest BCUT2D eigenvalue weighted by atomic mass is 79.9. The molecule has 21 heavy (non-hydrogen) atoms. The summed E-state index contributed by atoms with van der Waals surface area (Å²) in [6, 6.07) is 4.83. The first-order valence-corrected chi connectivity index (χ1v) is 9.17. The fraction of sp³-hybridized carbons (Fsp3) is 0.588.